The van der Waals surface area contributed by atoms with Crippen LogP contribution in [0.5, 0.6) is 5.75 Å². The van der Waals surface area contributed by atoms with Gasteiger partial charge < -0.3 is 14.4 Å². The number of carbonyl (C=O) groups excluding carboxylic acids is 1. The summed E-state index contributed by atoms with van der Waals surface area (Å²) >= 11 is 0. The fourth-order valence-corrected chi connectivity index (χ4v) is 1.44. The van der Waals surface area contributed by atoms with E-state index in [1.807, 2.05) is 31.2 Å². The molecule has 0 fully saturated rings. The van der Waals surface area contributed by atoms with Gasteiger partial charge in [-0.25, -0.2) is 4.79 Å². The Balaban J connectivity index is 2.20. The number of carbonyl (C=O) groups is 1. The minimum Gasteiger partial charge on any atom is -0.492 e. The molecule has 1 rings (SSSR count). The molecule has 0 aliphatic rings. The van der Waals surface area contributed by atoms with Gasteiger partial charge in [0.1, 0.15) is 12.4 Å². The van der Waals surface area contributed by atoms with Crippen molar-refractivity contribution in [2.75, 3.05) is 26.8 Å². The second-order valence-electron chi connectivity index (χ2n) is 4.55. The molecule has 0 spiro atoms. The van der Waals surface area contributed by atoms with E-state index in [1.165, 1.54) is 10.5 Å². The van der Waals surface area contributed by atoms with E-state index in [1.54, 1.807) is 7.05 Å². The van der Waals surface area contributed by atoms with Crippen LogP contribution in [0.2, 0.25) is 0 Å². The zero-order valence-electron chi connectivity index (χ0n) is 12.0. The molecule has 0 atom stereocenters. The molecule has 1 amide bonds. The predicted molar refractivity (Wildman–Crippen MR) is 75.6 cm³/mol. The number of nitrogens with zero attached hydrogens (tertiary/aromatic N) is 1. The SMILES string of the molecule is CCCCOC(=O)N(C)CCOc1ccc(C)cc1. The summed E-state index contributed by atoms with van der Waals surface area (Å²) in [5.74, 6) is 0.818. The van der Waals surface area contributed by atoms with Crippen molar-refractivity contribution in [1.29, 1.82) is 0 Å². The molecule has 0 N–H and O–H groups in total. The quantitative estimate of drug-likeness (QED) is 0.710. The van der Waals surface area contributed by atoms with Crippen LogP contribution in [0.15, 0.2) is 24.3 Å². The van der Waals surface area contributed by atoms with E-state index in [0.717, 1.165) is 18.6 Å². The smallest absolute Gasteiger partial charge is 0.409 e. The number of likely N-dealkylation sites (N-methyl/N-ethyl adjacent to an activating group) is 1. The number of aryl methyl sites for hydroxylation is 1. The normalized spacial score (nSPS) is 10.1. The summed E-state index contributed by atoms with van der Waals surface area (Å²) in [5, 5.41) is 0. The van der Waals surface area contributed by atoms with Gasteiger partial charge >= 0.3 is 6.09 Å². The lowest BCUT2D eigenvalue weighted by Gasteiger charge is -2.17. The second kappa shape index (κ2) is 8.40. The first-order valence-corrected chi connectivity index (χ1v) is 6.71. The van der Waals surface area contributed by atoms with Crippen LogP contribution in [0, 0.1) is 6.92 Å². The lowest BCUT2D eigenvalue weighted by Crippen LogP contribution is -2.31. The molecular formula is C15H23NO3. The molecule has 106 valence electrons. The summed E-state index contributed by atoms with van der Waals surface area (Å²) in [6, 6.07) is 7.85. The van der Waals surface area contributed by atoms with Crippen LogP contribution in [-0.4, -0.2) is 37.8 Å². The summed E-state index contributed by atoms with van der Waals surface area (Å²) in [4.78, 5) is 13.1. The van der Waals surface area contributed by atoms with E-state index >= 15 is 0 Å². The van der Waals surface area contributed by atoms with Crippen LogP contribution in [0.4, 0.5) is 4.79 Å². The van der Waals surface area contributed by atoms with E-state index in [9.17, 15) is 4.79 Å². The minimum absolute atomic E-state index is 0.291. The molecule has 4 heteroatoms. The highest BCUT2D eigenvalue weighted by molar-refractivity contribution is 5.67. The Kier molecular flexibility index (Phi) is 6.79. The molecular weight excluding hydrogens is 242 g/mol. The highest BCUT2D eigenvalue weighted by atomic mass is 16.6. The molecule has 0 saturated carbocycles. The first-order chi connectivity index (χ1) is 9.13. The van der Waals surface area contributed by atoms with Gasteiger partial charge in [0.25, 0.3) is 0 Å². The molecule has 1 aromatic carbocycles. The zero-order valence-corrected chi connectivity index (χ0v) is 12.0. The Bertz CT molecular complexity index is 375. The Morgan fingerprint density at radius 3 is 2.53 bits per heavy atom. The Hall–Kier alpha value is -1.71. The summed E-state index contributed by atoms with van der Waals surface area (Å²) in [5.41, 5.74) is 1.20. The molecule has 0 radical (unpaired) electrons. The van der Waals surface area contributed by atoms with Crippen LogP contribution in [0.25, 0.3) is 0 Å². The largest absolute Gasteiger partial charge is 0.492 e. The van der Waals surface area contributed by atoms with Gasteiger partial charge in [0, 0.05) is 7.05 Å². The summed E-state index contributed by atoms with van der Waals surface area (Å²) < 4.78 is 10.7. The van der Waals surface area contributed by atoms with Crippen molar-refractivity contribution in [2.45, 2.75) is 26.7 Å². The number of ether oxygens (including phenoxy) is 2. The molecule has 0 bridgehead atoms. The van der Waals surface area contributed by atoms with Gasteiger partial charge in [-0.3, -0.25) is 0 Å². The molecule has 0 aromatic heterocycles. The van der Waals surface area contributed by atoms with Crippen molar-refractivity contribution >= 4 is 6.09 Å². The topological polar surface area (TPSA) is 38.8 Å². The molecule has 0 heterocycles. The number of amides is 1. The third-order valence-corrected chi connectivity index (χ3v) is 2.75. The zero-order chi connectivity index (χ0) is 14.1. The van der Waals surface area contributed by atoms with Crippen molar-refractivity contribution in [3.05, 3.63) is 29.8 Å². The van der Waals surface area contributed by atoms with Gasteiger partial charge in [-0.2, -0.15) is 0 Å². The molecule has 19 heavy (non-hydrogen) atoms. The first kappa shape index (κ1) is 15.3. The third-order valence-electron chi connectivity index (χ3n) is 2.75. The first-order valence-electron chi connectivity index (χ1n) is 6.71. The Morgan fingerprint density at radius 2 is 1.89 bits per heavy atom. The fourth-order valence-electron chi connectivity index (χ4n) is 1.44. The van der Waals surface area contributed by atoms with Crippen LogP contribution in [0.1, 0.15) is 25.3 Å². The maximum absolute atomic E-state index is 11.6. The number of rotatable bonds is 7. The standard InChI is InChI=1S/C15H23NO3/c1-4-5-11-19-15(17)16(3)10-12-18-14-8-6-13(2)7-9-14/h6-9H,4-5,10-12H2,1-3H3. The van der Waals surface area contributed by atoms with Crippen molar-refractivity contribution in [3.63, 3.8) is 0 Å². The number of unbranched alkanes of at least 4 members (excludes halogenated alkanes) is 1. The number of hydrogen-bond acceptors (Lipinski definition) is 3. The Labute approximate surface area is 115 Å². The van der Waals surface area contributed by atoms with Crippen LogP contribution in [0.3, 0.4) is 0 Å². The van der Waals surface area contributed by atoms with Crippen molar-refractivity contribution in [2.24, 2.45) is 0 Å². The average Bonchev–Trinajstić information content (AvgIpc) is 2.41. The van der Waals surface area contributed by atoms with E-state index in [-0.39, 0.29) is 6.09 Å². The van der Waals surface area contributed by atoms with Gasteiger partial charge in [0.05, 0.1) is 13.2 Å². The monoisotopic (exact) mass is 265 g/mol. The van der Waals surface area contributed by atoms with E-state index in [4.69, 9.17) is 9.47 Å². The van der Waals surface area contributed by atoms with Crippen LogP contribution < -0.4 is 4.74 Å². The van der Waals surface area contributed by atoms with Crippen LogP contribution >= 0.6 is 0 Å². The maximum atomic E-state index is 11.6. The van der Waals surface area contributed by atoms with Gasteiger partial charge in [-0.15, -0.1) is 0 Å². The summed E-state index contributed by atoms with van der Waals surface area (Å²) in [7, 11) is 1.72. The van der Waals surface area contributed by atoms with Gasteiger partial charge in [-0.1, -0.05) is 31.0 Å². The summed E-state index contributed by atoms with van der Waals surface area (Å²) in [6.07, 6.45) is 1.63. The van der Waals surface area contributed by atoms with E-state index in [2.05, 4.69) is 6.92 Å². The highest BCUT2D eigenvalue weighted by Crippen LogP contribution is 2.11. The number of benzene rings is 1. The number of hydrogen-bond donors (Lipinski definition) is 0. The van der Waals surface area contributed by atoms with Crippen molar-refractivity contribution in [3.8, 4) is 5.75 Å². The molecule has 0 aliphatic carbocycles. The molecule has 1 aromatic rings. The van der Waals surface area contributed by atoms with Crippen molar-refractivity contribution < 1.29 is 14.3 Å². The highest BCUT2D eigenvalue weighted by Gasteiger charge is 2.09. The summed E-state index contributed by atoms with van der Waals surface area (Å²) in [6.45, 7) is 5.55. The molecule has 0 saturated heterocycles. The van der Waals surface area contributed by atoms with Crippen LogP contribution in [-0.2, 0) is 4.74 Å². The third kappa shape index (κ3) is 6.13. The molecule has 4 nitrogen and oxygen atoms in total. The van der Waals surface area contributed by atoms with E-state index < -0.39 is 0 Å². The van der Waals surface area contributed by atoms with Gasteiger partial charge in [-0.05, 0) is 25.5 Å². The molecule has 0 aliphatic heterocycles. The molecule has 0 unspecified atom stereocenters. The van der Waals surface area contributed by atoms with Crippen molar-refractivity contribution in [1.82, 2.24) is 4.90 Å². The van der Waals surface area contributed by atoms with Gasteiger partial charge in [0.2, 0.25) is 0 Å². The average molecular weight is 265 g/mol. The van der Waals surface area contributed by atoms with E-state index in [0.29, 0.717) is 19.8 Å². The second-order valence-corrected chi connectivity index (χ2v) is 4.55. The lowest BCUT2D eigenvalue weighted by atomic mass is 10.2. The minimum atomic E-state index is -0.291. The Morgan fingerprint density at radius 1 is 1.21 bits per heavy atom. The maximum Gasteiger partial charge on any atom is 0.409 e. The fraction of sp³-hybridized carbons (Fsp3) is 0.533. The predicted octanol–water partition coefficient (Wildman–Crippen LogP) is 3.24. The lowest BCUT2D eigenvalue weighted by molar-refractivity contribution is 0.104. The van der Waals surface area contributed by atoms with Gasteiger partial charge in [0.15, 0.2) is 0 Å².